The van der Waals surface area contributed by atoms with Crippen molar-refractivity contribution < 1.29 is 9.47 Å². The summed E-state index contributed by atoms with van der Waals surface area (Å²) in [5.74, 6) is 2.08. The lowest BCUT2D eigenvalue weighted by atomic mass is 10.5. The molecule has 1 N–H and O–H groups in total. The van der Waals surface area contributed by atoms with Crippen molar-refractivity contribution in [3.63, 3.8) is 0 Å². The van der Waals surface area contributed by atoms with Crippen molar-refractivity contribution in [3.05, 3.63) is 11.9 Å². The van der Waals surface area contributed by atoms with Crippen LogP contribution in [-0.2, 0) is 4.74 Å². The Hall–Kier alpha value is -1.36. The third-order valence-electron chi connectivity index (χ3n) is 1.86. The highest BCUT2D eigenvalue weighted by Gasteiger charge is 2.01. The van der Waals surface area contributed by atoms with Gasteiger partial charge in [-0.3, -0.25) is 0 Å². The molecule has 16 heavy (non-hydrogen) atoms. The zero-order chi connectivity index (χ0) is 11.8. The minimum atomic E-state index is 0.605. The summed E-state index contributed by atoms with van der Waals surface area (Å²) in [5.41, 5.74) is 0. The molecule has 0 aliphatic heterocycles. The summed E-state index contributed by atoms with van der Waals surface area (Å²) < 4.78 is 10.6. The van der Waals surface area contributed by atoms with E-state index in [2.05, 4.69) is 15.3 Å². The third-order valence-corrected chi connectivity index (χ3v) is 1.86. The van der Waals surface area contributed by atoms with Gasteiger partial charge in [-0.1, -0.05) is 0 Å². The lowest BCUT2D eigenvalue weighted by molar-refractivity contribution is 0.158. The van der Waals surface area contributed by atoms with Gasteiger partial charge in [0.2, 0.25) is 5.88 Å². The van der Waals surface area contributed by atoms with Crippen molar-refractivity contribution in [2.24, 2.45) is 0 Å². The molecule has 0 fully saturated rings. The van der Waals surface area contributed by atoms with Crippen LogP contribution in [0.5, 0.6) is 5.88 Å². The average molecular weight is 225 g/mol. The van der Waals surface area contributed by atoms with Gasteiger partial charge in [-0.05, 0) is 20.8 Å². The molecule has 0 amide bonds. The number of nitrogens with zero attached hydrogens (tertiary/aromatic N) is 2. The van der Waals surface area contributed by atoms with Gasteiger partial charge in [0, 0.05) is 19.2 Å². The van der Waals surface area contributed by atoms with E-state index in [9.17, 15) is 0 Å². The Morgan fingerprint density at radius 2 is 2.06 bits per heavy atom. The molecule has 0 bridgehead atoms. The minimum Gasteiger partial charge on any atom is -0.478 e. The second-order valence-corrected chi connectivity index (χ2v) is 3.20. The van der Waals surface area contributed by atoms with Gasteiger partial charge in [0.05, 0.1) is 13.2 Å². The maximum Gasteiger partial charge on any atom is 0.218 e. The molecule has 0 aliphatic carbocycles. The Balaban J connectivity index is 2.51. The van der Waals surface area contributed by atoms with E-state index in [1.54, 1.807) is 6.07 Å². The quantitative estimate of drug-likeness (QED) is 0.715. The van der Waals surface area contributed by atoms with Gasteiger partial charge in [0.25, 0.3) is 0 Å². The van der Waals surface area contributed by atoms with Crippen molar-refractivity contribution in [1.29, 1.82) is 0 Å². The molecule has 0 saturated heterocycles. The predicted octanol–water partition coefficient (Wildman–Crippen LogP) is 1.63. The van der Waals surface area contributed by atoms with Crippen molar-refractivity contribution in [2.45, 2.75) is 20.8 Å². The standard InChI is InChI=1S/C11H19N3O2/c1-4-15-7-6-12-10-8-11(16-5-2)14-9(3)13-10/h8H,4-7H2,1-3H3,(H,12,13,14). The van der Waals surface area contributed by atoms with Crippen LogP contribution in [0.4, 0.5) is 5.82 Å². The molecular weight excluding hydrogens is 206 g/mol. The van der Waals surface area contributed by atoms with Crippen molar-refractivity contribution in [1.82, 2.24) is 9.97 Å². The normalized spacial score (nSPS) is 10.2. The number of hydrogen-bond acceptors (Lipinski definition) is 5. The molecule has 0 unspecified atom stereocenters. The first-order valence-electron chi connectivity index (χ1n) is 5.56. The van der Waals surface area contributed by atoms with Crippen molar-refractivity contribution >= 4 is 5.82 Å². The largest absolute Gasteiger partial charge is 0.478 e. The van der Waals surface area contributed by atoms with Gasteiger partial charge in [-0.25, -0.2) is 4.98 Å². The fourth-order valence-electron chi connectivity index (χ4n) is 1.25. The summed E-state index contributed by atoms with van der Waals surface area (Å²) >= 11 is 0. The van der Waals surface area contributed by atoms with Gasteiger partial charge in [-0.2, -0.15) is 4.98 Å². The zero-order valence-electron chi connectivity index (χ0n) is 10.1. The average Bonchev–Trinajstić information content (AvgIpc) is 2.24. The van der Waals surface area contributed by atoms with Gasteiger partial charge >= 0.3 is 0 Å². The second kappa shape index (κ2) is 7.00. The highest BCUT2D eigenvalue weighted by atomic mass is 16.5. The fourth-order valence-corrected chi connectivity index (χ4v) is 1.25. The molecule has 0 radical (unpaired) electrons. The van der Waals surface area contributed by atoms with Crippen LogP contribution in [0.15, 0.2) is 6.07 Å². The number of aryl methyl sites for hydroxylation is 1. The molecule has 0 saturated carbocycles. The van der Waals surface area contributed by atoms with Crippen molar-refractivity contribution in [3.8, 4) is 5.88 Å². The molecule has 1 heterocycles. The summed E-state index contributed by atoms with van der Waals surface area (Å²) in [6.07, 6.45) is 0. The molecule has 5 nitrogen and oxygen atoms in total. The Labute approximate surface area is 96.2 Å². The smallest absolute Gasteiger partial charge is 0.218 e. The molecule has 1 aromatic rings. The summed E-state index contributed by atoms with van der Waals surface area (Å²) in [4.78, 5) is 8.42. The zero-order valence-corrected chi connectivity index (χ0v) is 10.1. The van der Waals surface area contributed by atoms with Crippen LogP contribution in [0, 0.1) is 6.92 Å². The molecular formula is C11H19N3O2. The second-order valence-electron chi connectivity index (χ2n) is 3.20. The highest BCUT2D eigenvalue weighted by Crippen LogP contribution is 2.12. The topological polar surface area (TPSA) is 56.3 Å². The summed E-state index contributed by atoms with van der Waals surface area (Å²) in [7, 11) is 0. The predicted molar refractivity (Wildman–Crippen MR) is 62.9 cm³/mol. The van der Waals surface area contributed by atoms with E-state index in [-0.39, 0.29) is 0 Å². The van der Waals surface area contributed by atoms with E-state index in [0.29, 0.717) is 24.9 Å². The summed E-state index contributed by atoms with van der Waals surface area (Å²) in [5, 5.41) is 3.16. The monoisotopic (exact) mass is 225 g/mol. The van der Waals surface area contributed by atoms with Gasteiger partial charge < -0.3 is 14.8 Å². The molecule has 0 atom stereocenters. The first-order chi connectivity index (χ1) is 7.76. The Morgan fingerprint density at radius 1 is 1.25 bits per heavy atom. The molecule has 0 aliphatic rings. The van der Waals surface area contributed by atoms with Gasteiger partial charge in [0.1, 0.15) is 11.6 Å². The van der Waals surface area contributed by atoms with E-state index in [1.807, 2.05) is 20.8 Å². The first kappa shape index (κ1) is 12.7. The van der Waals surface area contributed by atoms with Crippen LogP contribution in [-0.4, -0.2) is 36.3 Å². The Kier molecular flexibility index (Phi) is 5.56. The van der Waals surface area contributed by atoms with E-state index in [0.717, 1.165) is 19.0 Å². The molecule has 90 valence electrons. The summed E-state index contributed by atoms with van der Waals surface area (Å²) in [6.45, 7) is 8.49. The number of nitrogens with one attached hydrogen (secondary N) is 1. The van der Waals surface area contributed by atoms with Crippen LogP contribution in [0.2, 0.25) is 0 Å². The van der Waals surface area contributed by atoms with Gasteiger partial charge in [-0.15, -0.1) is 0 Å². The molecule has 0 spiro atoms. The Morgan fingerprint density at radius 3 is 2.75 bits per heavy atom. The van der Waals surface area contributed by atoms with Gasteiger partial charge in [0.15, 0.2) is 0 Å². The lowest BCUT2D eigenvalue weighted by Gasteiger charge is -2.08. The first-order valence-corrected chi connectivity index (χ1v) is 5.56. The van der Waals surface area contributed by atoms with E-state index in [1.165, 1.54) is 0 Å². The van der Waals surface area contributed by atoms with E-state index < -0.39 is 0 Å². The van der Waals surface area contributed by atoms with E-state index >= 15 is 0 Å². The van der Waals surface area contributed by atoms with Crippen LogP contribution >= 0.6 is 0 Å². The minimum absolute atomic E-state index is 0.605. The molecule has 1 rings (SSSR count). The van der Waals surface area contributed by atoms with Crippen LogP contribution in [0.1, 0.15) is 19.7 Å². The molecule has 0 aromatic carbocycles. The highest BCUT2D eigenvalue weighted by molar-refractivity contribution is 5.38. The third kappa shape index (κ3) is 4.44. The molecule has 1 aromatic heterocycles. The van der Waals surface area contributed by atoms with Crippen LogP contribution in [0.3, 0.4) is 0 Å². The SMILES string of the molecule is CCOCCNc1cc(OCC)nc(C)n1. The number of hydrogen-bond donors (Lipinski definition) is 1. The maximum absolute atomic E-state index is 5.33. The van der Waals surface area contributed by atoms with Crippen LogP contribution < -0.4 is 10.1 Å². The Bertz CT molecular complexity index is 318. The number of ether oxygens (including phenoxy) is 2. The number of rotatable bonds is 7. The molecule has 5 heteroatoms. The maximum atomic E-state index is 5.33. The lowest BCUT2D eigenvalue weighted by Crippen LogP contribution is -2.11. The number of aromatic nitrogens is 2. The fraction of sp³-hybridized carbons (Fsp3) is 0.636. The van der Waals surface area contributed by atoms with Crippen LogP contribution in [0.25, 0.3) is 0 Å². The van der Waals surface area contributed by atoms with Crippen molar-refractivity contribution in [2.75, 3.05) is 31.7 Å². The number of anilines is 1. The summed E-state index contributed by atoms with van der Waals surface area (Å²) in [6, 6.07) is 1.79. The van der Waals surface area contributed by atoms with E-state index in [4.69, 9.17) is 9.47 Å².